The molecule has 1 aromatic heterocycles. The first kappa shape index (κ1) is 12.9. The predicted octanol–water partition coefficient (Wildman–Crippen LogP) is 3.54. The number of nitrogens with zero attached hydrogens (tertiary/aromatic N) is 1. The molecular formula is C16H18N2O2. The van der Waals surface area contributed by atoms with Crippen LogP contribution in [0.2, 0.25) is 0 Å². The molecule has 0 saturated heterocycles. The zero-order valence-electron chi connectivity index (χ0n) is 11.3. The lowest BCUT2D eigenvalue weighted by molar-refractivity contribution is 0.0699. The summed E-state index contributed by atoms with van der Waals surface area (Å²) in [6.45, 7) is 0.848. The summed E-state index contributed by atoms with van der Waals surface area (Å²) >= 11 is 0. The molecule has 104 valence electrons. The minimum Gasteiger partial charge on any atom is -0.478 e. The Hall–Kier alpha value is -2.10. The van der Waals surface area contributed by atoms with Crippen LogP contribution in [0.4, 0.5) is 5.82 Å². The molecule has 0 bridgehead atoms. The van der Waals surface area contributed by atoms with Gasteiger partial charge in [-0.3, -0.25) is 0 Å². The number of fused-ring (bicyclic) bond motifs is 1. The predicted molar refractivity (Wildman–Crippen MR) is 79.2 cm³/mol. The van der Waals surface area contributed by atoms with E-state index in [1.54, 1.807) is 12.1 Å². The fourth-order valence-corrected chi connectivity index (χ4v) is 2.46. The number of anilines is 1. The van der Waals surface area contributed by atoms with E-state index < -0.39 is 5.97 Å². The first-order valence-corrected chi connectivity index (χ1v) is 7.11. The van der Waals surface area contributed by atoms with Gasteiger partial charge < -0.3 is 10.4 Å². The van der Waals surface area contributed by atoms with Crippen LogP contribution in [0, 0.1) is 5.92 Å². The van der Waals surface area contributed by atoms with E-state index in [-0.39, 0.29) is 0 Å². The molecule has 0 radical (unpaired) electrons. The summed E-state index contributed by atoms with van der Waals surface area (Å²) < 4.78 is 0. The maximum atomic E-state index is 11.3. The first-order valence-electron chi connectivity index (χ1n) is 7.11. The summed E-state index contributed by atoms with van der Waals surface area (Å²) in [6, 6.07) is 8.97. The molecular weight excluding hydrogens is 252 g/mol. The number of hydrogen-bond donors (Lipinski definition) is 2. The van der Waals surface area contributed by atoms with Gasteiger partial charge in [-0.05, 0) is 30.9 Å². The Labute approximate surface area is 117 Å². The van der Waals surface area contributed by atoms with Crippen LogP contribution in [0.25, 0.3) is 10.9 Å². The molecule has 3 rings (SSSR count). The monoisotopic (exact) mass is 270 g/mol. The minimum absolute atomic E-state index is 0.306. The highest BCUT2D eigenvalue weighted by atomic mass is 16.4. The number of rotatable bonds is 6. The second kappa shape index (κ2) is 5.49. The summed E-state index contributed by atoms with van der Waals surface area (Å²) in [7, 11) is 0. The van der Waals surface area contributed by atoms with Gasteiger partial charge in [0.1, 0.15) is 5.82 Å². The van der Waals surface area contributed by atoms with Crippen molar-refractivity contribution in [3.05, 3.63) is 35.9 Å². The van der Waals surface area contributed by atoms with E-state index in [1.165, 1.54) is 19.3 Å². The number of carboxylic acids is 1. The largest absolute Gasteiger partial charge is 0.478 e. The Kier molecular flexibility index (Phi) is 3.54. The van der Waals surface area contributed by atoms with Gasteiger partial charge in [-0.2, -0.15) is 0 Å². The molecule has 0 amide bonds. The van der Waals surface area contributed by atoms with Crippen LogP contribution in [-0.2, 0) is 0 Å². The molecule has 1 aromatic carbocycles. The van der Waals surface area contributed by atoms with Crippen molar-refractivity contribution >= 4 is 22.7 Å². The van der Waals surface area contributed by atoms with Gasteiger partial charge in [0.2, 0.25) is 0 Å². The smallest absolute Gasteiger partial charge is 0.336 e. The van der Waals surface area contributed by atoms with E-state index in [0.29, 0.717) is 16.8 Å². The summed E-state index contributed by atoms with van der Waals surface area (Å²) in [5, 5.41) is 13.2. The van der Waals surface area contributed by atoms with Gasteiger partial charge >= 0.3 is 5.97 Å². The van der Waals surface area contributed by atoms with Gasteiger partial charge in [0, 0.05) is 11.9 Å². The number of hydrogen-bond acceptors (Lipinski definition) is 3. The lowest BCUT2D eigenvalue weighted by Gasteiger charge is -2.09. The normalized spacial score (nSPS) is 14.4. The number of benzene rings is 1. The van der Waals surface area contributed by atoms with Crippen LogP contribution in [0.15, 0.2) is 30.3 Å². The maximum Gasteiger partial charge on any atom is 0.336 e. The topological polar surface area (TPSA) is 62.2 Å². The fourth-order valence-electron chi connectivity index (χ4n) is 2.46. The second-order valence-corrected chi connectivity index (χ2v) is 5.39. The molecule has 0 atom stereocenters. The SMILES string of the molecule is O=C(O)c1cc(NCCCC2CC2)nc2ccccc12. The van der Waals surface area contributed by atoms with Gasteiger partial charge in [0.05, 0.1) is 11.1 Å². The minimum atomic E-state index is -0.912. The van der Waals surface area contributed by atoms with E-state index in [2.05, 4.69) is 10.3 Å². The van der Waals surface area contributed by atoms with Crippen molar-refractivity contribution in [2.45, 2.75) is 25.7 Å². The van der Waals surface area contributed by atoms with Gasteiger partial charge in [-0.1, -0.05) is 31.0 Å². The highest BCUT2D eigenvalue weighted by Crippen LogP contribution is 2.33. The van der Waals surface area contributed by atoms with E-state index in [9.17, 15) is 9.90 Å². The van der Waals surface area contributed by atoms with Crippen molar-refractivity contribution in [2.24, 2.45) is 5.92 Å². The summed E-state index contributed by atoms with van der Waals surface area (Å²) in [5.41, 5.74) is 1.03. The van der Waals surface area contributed by atoms with E-state index in [4.69, 9.17) is 0 Å². The summed E-state index contributed by atoms with van der Waals surface area (Å²) in [4.78, 5) is 15.8. The molecule has 20 heavy (non-hydrogen) atoms. The van der Waals surface area contributed by atoms with Gasteiger partial charge in [0.25, 0.3) is 0 Å². The van der Waals surface area contributed by atoms with Crippen molar-refractivity contribution in [1.82, 2.24) is 4.98 Å². The van der Waals surface area contributed by atoms with Crippen molar-refractivity contribution < 1.29 is 9.90 Å². The van der Waals surface area contributed by atoms with Crippen LogP contribution >= 0.6 is 0 Å². The Balaban J connectivity index is 1.77. The molecule has 1 aliphatic carbocycles. The molecule has 4 nitrogen and oxygen atoms in total. The number of carbonyl (C=O) groups is 1. The Morgan fingerprint density at radius 2 is 2.15 bits per heavy atom. The average molecular weight is 270 g/mol. The highest BCUT2D eigenvalue weighted by molar-refractivity contribution is 6.03. The van der Waals surface area contributed by atoms with Crippen LogP contribution in [0.1, 0.15) is 36.0 Å². The maximum absolute atomic E-state index is 11.3. The Bertz CT molecular complexity index is 635. The van der Waals surface area contributed by atoms with Gasteiger partial charge in [-0.15, -0.1) is 0 Å². The highest BCUT2D eigenvalue weighted by Gasteiger charge is 2.20. The molecule has 2 aromatic rings. The van der Waals surface area contributed by atoms with E-state index >= 15 is 0 Å². The number of aromatic carboxylic acids is 1. The number of pyridine rings is 1. The summed E-state index contributed by atoms with van der Waals surface area (Å²) in [6.07, 6.45) is 5.11. The average Bonchev–Trinajstić information content (AvgIpc) is 3.26. The van der Waals surface area contributed by atoms with Crippen LogP contribution in [-0.4, -0.2) is 22.6 Å². The third-order valence-electron chi connectivity index (χ3n) is 3.74. The van der Waals surface area contributed by atoms with Crippen molar-refractivity contribution in [3.63, 3.8) is 0 Å². The van der Waals surface area contributed by atoms with Crippen molar-refractivity contribution in [3.8, 4) is 0 Å². The molecule has 1 aliphatic rings. The van der Waals surface area contributed by atoms with Gasteiger partial charge in [0.15, 0.2) is 0 Å². The van der Waals surface area contributed by atoms with Crippen LogP contribution in [0.3, 0.4) is 0 Å². The zero-order valence-corrected chi connectivity index (χ0v) is 11.3. The van der Waals surface area contributed by atoms with E-state index in [0.717, 1.165) is 24.4 Å². The molecule has 0 unspecified atom stereocenters. The third-order valence-corrected chi connectivity index (χ3v) is 3.74. The summed E-state index contributed by atoms with van der Waals surface area (Å²) in [5.74, 6) is 0.664. The lowest BCUT2D eigenvalue weighted by atomic mass is 10.1. The first-order chi connectivity index (χ1) is 9.74. The number of para-hydroxylation sites is 1. The van der Waals surface area contributed by atoms with E-state index in [1.807, 2.05) is 18.2 Å². The Morgan fingerprint density at radius 1 is 1.35 bits per heavy atom. The number of nitrogens with one attached hydrogen (secondary N) is 1. The van der Waals surface area contributed by atoms with Gasteiger partial charge in [-0.25, -0.2) is 9.78 Å². The molecule has 1 saturated carbocycles. The van der Waals surface area contributed by atoms with Crippen LogP contribution in [0.5, 0.6) is 0 Å². The molecule has 1 fully saturated rings. The van der Waals surface area contributed by atoms with Crippen molar-refractivity contribution in [2.75, 3.05) is 11.9 Å². The third kappa shape index (κ3) is 2.90. The standard InChI is InChI=1S/C16H18N2O2/c19-16(20)13-10-15(17-9-3-4-11-7-8-11)18-14-6-2-1-5-12(13)14/h1-2,5-6,10-11H,3-4,7-9H2,(H,17,18)(H,19,20). The fraction of sp³-hybridized carbons (Fsp3) is 0.375. The number of carboxylic acid groups (broad SMARTS) is 1. The second-order valence-electron chi connectivity index (χ2n) is 5.39. The van der Waals surface area contributed by atoms with Crippen molar-refractivity contribution in [1.29, 1.82) is 0 Å². The Morgan fingerprint density at radius 3 is 2.90 bits per heavy atom. The molecule has 1 heterocycles. The molecule has 0 aliphatic heterocycles. The van der Waals surface area contributed by atoms with Crippen LogP contribution < -0.4 is 5.32 Å². The number of aromatic nitrogens is 1. The molecule has 0 spiro atoms. The molecule has 4 heteroatoms. The molecule has 2 N–H and O–H groups in total. The zero-order chi connectivity index (χ0) is 13.9. The quantitative estimate of drug-likeness (QED) is 0.788. The lowest BCUT2D eigenvalue weighted by Crippen LogP contribution is -2.06.